The highest BCUT2D eigenvalue weighted by molar-refractivity contribution is 5.68. The number of carbonyl (C=O) groups is 1. The second kappa shape index (κ2) is 7.04. The van der Waals surface area contributed by atoms with Crippen molar-refractivity contribution in [2.45, 2.75) is 45.3 Å². The van der Waals surface area contributed by atoms with Gasteiger partial charge in [-0.05, 0) is 26.8 Å². The van der Waals surface area contributed by atoms with Crippen LogP contribution in [0.1, 0.15) is 39.2 Å². The molecule has 1 aromatic rings. The summed E-state index contributed by atoms with van der Waals surface area (Å²) in [4.78, 5) is 13.5. The van der Waals surface area contributed by atoms with Crippen molar-refractivity contribution in [2.24, 2.45) is 0 Å². The molecule has 2 rings (SSSR count). The SMILES string of the molecule is CC(C)(C)OC(=O)N1CCC(Oc2cc(F)c(C#N)cc2F)CC1. The average molecular weight is 338 g/mol. The number of carbonyl (C=O) groups excluding carboxylic acids is 1. The molecule has 0 atom stereocenters. The highest BCUT2D eigenvalue weighted by Crippen LogP contribution is 2.25. The minimum Gasteiger partial charge on any atom is -0.487 e. The van der Waals surface area contributed by atoms with E-state index in [-0.39, 0.29) is 17.4 Å². The summed E-state index contributed by atoms with van der Waals surface area (Å²) in [6.45, 7) is 6.22. The van der Waals surface area contributed by atoms with Crippen molar-refractivity contribution >= 4 is 6.09 Å². The highest BCUT2D eigenvalue weighted by Gasteiger charge is 2.28. The molecule has 1 aromatic carbocycles. The number of rotatable bonds is 2. The predicted molar refractivity (Wildman–Crippen MR) is 82.5 cm³/mol. The fourth-order valence-corrected chi connectivity index (χ4v) is 2.37. The number of halogens is 2. The molecule has 7 heteroatoms. The monoisotopic (exact) mass is 338 g/mol. The van der Waals surface area contributed by atoms with E-state index in [1.54, 1.807) is 31.7 Å². The molecular weight excluding hydrogens is 318 g/mol. The van der Waals surface area contributed by atoms with Gasteiger partial charge < -0.3 is 14.4 Å². The van der Waals surface area contributed by atoms with Crippen molar-refractivity contribution in [3.8, 4) is 11.8 Å². The van der Waals surface area contributed by atoms with Crippen molar-refractivity contribution in [3.63, 3.8) is 0 Å². The van der Waals surface area contributed by atoms with E-state index >= 15 is 0 Å². The van der Waals surface area contributed by atoms with Gasteiger partial charge in [-0.2, -0.15) is 5.26 Å². The second-order valence-corrected chi connectivity index (χ2v) is 6.66. The third kappa shape index (κ3) is 4.57. The van der Waals surface area contributed by atoms with Crippen LogP contribution in [0.4, 0.5) is 13.6 Å². The molecule has 0 N–H and O–H groups in total. The van der Waals surface area contributed by atoms with Crippen LogP contribution in [-0.4, -0.2) is 35.8 Å². The quantitative estimate of drug-likeness (QED) is 0.826. The van der Waals surface area contributed by atoms with E-state index in [2.05, 4.69) is 0 Å². The van der Waals surface area contributed by atoms with Crippen molar-refractivity contribution in [3.05, 3.63) is 29.3 Å². The molecule has 1 heterocycles. The van der Waals surface area contributed by atoms with Gasteiger partial charge in [0.1, 0.15) is 23.6 Å². The number of ether oxygens (including phenoxy) is 2. The standard InChI is InChI=1S/C17H20F2N2O3/c1-17(2,3)24-16(22)21-6-4-12(5-7-21)23-15-9-13(18)11(10-20)8-14(15)19/h8-9,12H,4-7H2,1-3H3. The van der Waals surface area contributed by atoms with E-state index in [1.807, 2.05) is 0 Å². The molecule has 0 aliphatic carbocycles. The maximum Gasteiger partial charge on any atom is 0.410 e. The molecule has 0 radical (unpaired) electrons. The Morgan fingerprint density at radius 1 is 1.25 bits per heavy atom. The van der Waals surface area contributed by atoms with Crippen LogP contribution in [0.3, 0.4) is 0 Å². The van der Waals surface area contributed by atoms with Crippen LogP contribution in [-0.2, 0) is 4.74 Å². The molecule has 0 bridgehead atoms. The Kier molecular flexibility index (Phi) is 5.27. The van der Waals surface area contributed by atoms with E-state index in [0.717, 1.165) is 12.1 Å². The van der Waals surface area contributed by atoms with Gasteiger partial charge in [0.15, 0.2) is 11.6 Å². The van der Waals surface area contributed by atoms with Crippen LogP contribution in [0.5, 0.6) is 5.75 Å². The van der Waals surface area contributed by atoms with Crippen LogP contribution in [0.2, 0.25) is 0 Å². The van der Waals surface area contributed by atoms with E-state index in [9.17, 15) is 13.6 Å². The van der Waals surface area contributed by atoms with E-state index < -0.39 is 23.3 Å². The lowest BCUT2D eigenvalue weighted by atomic mass is 10.1. The summed E-state index contributed by atoms with van der Waals surface area (Å²) >= 11 is 0. The maximum atomic E-state index is 13.8. The van der Waals surface area contributed by atoms with Gasteiger partial charge in [-0.25, -0.2) is 13.6 Å². The Morgan fingerprint density at radius 2 is 1.88 bits per heavy atom. The fourth-order valence-electron chi connectivity index (χ4n) is 2.37. The van der Waals surface area contributed by atoms with Gasteiger partial charge in [-0.3, -0.25) is 0 Å². The van der Waals surface area contributed by atoms with Crippen molar-refractivity contribution in [2.75, 3.05) is 13.1 Å². The molecular formula is C17H20F2N2O3. The molecule has 1 aliphatic heterocycles. The lowest BCUT2D eigenvalue weighted by Gasteiger charge is -2.33. The lowest BCUT2D eigenvalue weighted by molar-refractivity contribution is 0.0123. The minimum absolute atomic E-state index is 0.220. The van der Waals surface area contributed by atoms with Crippen LogP contribution in [0, 0.1) is 23.0 Å². The van der Waals surface area contributed by atoms with Gasteiger partial charge in [0.25, 0.3) is 0 Å². The van der Waals surface area contributed by atoms with Gasteiger partial charge in [-0.15, -0.1) is 0 Å². The number of nitrogens with zero attached hydrogens (tertiary/aromatic N) is 2. The Bertz CT molecular complexity index is 657. The number of nitriles is 1. The first kappa shape index (κ1) is 18.0. The Balaban J connectivity index is 1.93. The Morgan fingerprint density at radius 3 is 2.42 bits per heavy atom. The summed E-state index contributed by atoms with van der Waals surface area (Å²) in [5.41, 5.74) is -0.923. The molecule has 130 valence electrons. The largest absolute Gasteiger partial charge is 0.487 e. The first-order valence-electron chi connectivity index (χ1n) is 7.73. The summed E-state index contributed by atoms with van der Waals surface area (Å²) in [6, 6.07) is 3.28. The van der Waals surface area contributed by atoms with Gasteiger partial charge in [-0.1, -0.05) is 0 Å². The summed E-state index contributed by atoms with van der Waals surface area (Å²) < 4.78 is 38.2. The molecule has 0 saturated carbocycles. The third-order valence-corrected chi connectivity index (χ3v) is 3.53. The molecule has 0 aromatic heterocycles. The number of amides is 1. The van der Waals surface area contributed by atoms with Gasteiger partial charge in [0.2, 0.25) is 0 Å². The first-order chi connectivity index (χ1) is 11.2. The third-order valence-electron chi connectivity index (χ3n) is 3.53. The molecule has 1 amide bonds. The summed E-state index contributed by atoms with van der Waals surface area (Å²) in [5.74, 6) is -1.81. The smallest absolute Gasteiger partial charge is 0.410 e. The van der Waals surface area contributed by atoms with Gasteiger partial charge in [0.05, 0.1) is 5.56 Å². The molecule has 0 unspecified atom stereocenters. The number of benzene rings is 1. The molecule has 24 heavy (non-hydrogen) atoms. The topological polar surface area (TPSA) is 62.6 Å². The zero-order valence-corrected chi connectivity index (χ0v) is 13.9. The van der Waals surface area contributed by atoms with Crippen LogP contribution in [0.15, 0.2) is 12.1 Å². The van der Waals surface area contributed by atoms with E-state index in [0.29, 0.717) is 25.9 Å². The van der Waals surface area contributed by atoms with Crippen LogP contribution in [0.25, 0.3) is 0 Å². The van der Waals surface area contributed by atoms with Crippen molar-refractivity contribution in [1.29, 1.82) is 5.26 Å². The fraction of sp³-hybridized carbons (Fsp3) is 0.529. The highest BCUT2D eigenvalue weighted by atomic mass is 19.1. The molecule has 1 fully saturated rings. The zero-order chi connectivity index (χ0) is 17.9. The summed E-state index contributed by atoms with van der Waals surface area (Å²) in [7, 11) is 0. The number of piperidine rings is 1. The molecule has 0 spiro atoms. The van der Waals surface area contributed by atoms with Crippen molar-refractivity contribution in [1.82, 2.24) is 4.90 Å². The molecule has 1 aliphatic rings. The van der Waals surface area contributed by atoms with Crippen molar-refractivity contribution < 1.29 is 23.0 Å². The van der Waals surface area contributed by atoms with Crippen LogP contribution >= 0.6 is 0 Å². The number of likely N-dealkylation sites (tertiary alicyclic amines) is 1. The summed E-state index contributed by atoms with van der Waals surface area (Å²) in [5, 5.41) is 8.67. The lowest BCUT2D eigenvalue weighted by Crippen LogP contribution is -2.44. The minimum atomic E-state index is -0.819. The van der Waals surface area contributed by atoms with Gasteiger partial charge >= 0.3 is 6.09 Å². The van der Waals surface area contributed by atoms with Gasteiger partial charge in [0, 0.05) is 32.0 Å². The average Bonchev–Trinajstić information content (AvgIpc) is 2.49. The second-order valence-electron chi connectivity index (χ2n) is 6.66. The number of hydrogen-bond acceptors (Lipinski definition) is 4. The Labute approximate surface area is 139 Å². The normalized spacial score (nSPS) is 15.8. The van der Waals surface area contributed by atoms with E-state index in [4.69, 9.17) is 14.7 Å². The van der Waals surface area contributed by atoms with E-state index in [1.165, 1.54) is 0 Å². The summed E-state index contributed by atoms with van der Waals surface area (Å²) in [6.07, 6.45) is 0.253. The number of hydrogen-bond donors (Lipinski definition) is 0. The molecule has 5 nitrogen and oxygen atoms in total. The molecule has 1 saturated heterocycles. The maximum absolute atomic E-state index is 13.8. The predicted octanol–water partition coefficient (Wildman–Crippen LogP) is 3.61. The zero-order valence-electron chi connectivity index (χ0n) is 13.9. The van der Waals surface area contributed by atoms with Crippen LogP contribution < -0.4 is 4.74 Å². The first-order valence-corrected chi connectivity index (χ1v) is 7.73. The Hall–Kier alpha value is -2.36.